The minimum atomic E-state index is 0.0485. The van der Waals surface area contributed by atoms with Gasteiger partial charge in [-0.3, -0.25) is 0 Å². The summed E-state index contributed by atoms with van der Waals surface area (Å²) >= 11 is 0. The molecule has 0 bridgehead atoms. The van der Waals surface area contributed by atoms with Crippen molar-refractivity contribution in [2.75, 3.05) is 0 Å². The first-order valence-electron chi connectivity index (χ1n) is 26.0. The molecule has 10 aromatic carbocycles. The Balaban J connectivity index is 1.23. The highest BCUT2D eigenvalue weighted by atomic mass is 14.4. The van der Waals surface area contributed by atoms with E-state index < -0.39 is 0 Å². The zero-order valence-corrected chi connectivity index (χ0v) is 44.1. The second-order valence-electron chi connectivity index (χ2n) is 24.3. The van der Waals surface area contributed by atoms with Crippen LogP contribution in [0.4, 0.5) is 0 Å². The summed E-state index contributed by atoms with van der Waals surface area (Å²) in [5.41, 5.74) is 29.3. The molecule has 0 heterocycles. The number of rotatable bonds is 5. The second-order valence-corrected chi connectivity index (χ2v) is 24.3. The Hall–Kier alpha value is -7.02. The van der Waals surface area contributed by atoms with Crippen LogP contribution < -0.4 is 0 Å². The van der Waals surface area contributed by atoms with Gasteiger partial charge in [0.2, 0.25) is 0 Å². The highest BCUT2D eigenvalue weighted by Gasteiger charge is 2.37. The van der Waals surface area contributed by atoms with Crippen LogP contribution in [0.15, 0.2) is 158 Å². The van der Waals surface area contributed by atoms with Crippen LogP contribution in [0.1, 0.15) is 115 Å². The normalized spacial score (nSPS) is 13.0. The molecule has 0 aliphatic heterocycles. The molecule has 10 aromatic rings. The molecule has 0 N–H and O–H groups in total. The largest absolute Gasteiger partial charge is 0.0616 e. The maximum atomic E-state index is 2.50. The summed E-state index contributed by atoms with van der Waals surface area (Å²) < 4.78 is 0. The van der Waals surface area contributed by atoms with E-state index in [9.17, 15) is 0 Å². The van der Waals surface area contributed by atoms with E-state index >= 15 is 0 Å². The van der Waals surface area contributed by atoms with Crippen LogP contribution in [0.2, 0.25) is 0 Å². The van der Waals surface area contributed by atoms with Crippen molar-refractivity contribution in [2.45, 2.75) is 112 Å². The van der Waals surface area contributed by atoms with Crippen molar-refractivity contribution in [2.24, 2.45) is 0 Å². The topological polar surface area (TPSA) is 0 Å². The third-order valence-electron chi connectivity index (χ3n) is 16.4. The van der Waals surface area contributed by atoms with Gasteiger partial charge in [0.05, 0.1) is 0 Å². The molecule has 2 aliphatic carbocycles. The van der Waals surface area contributed by atoms with Gasteiger partial charge in [-0.1, -0.05) is 234 Å². The van der Waals surface area contributed by atoms with Crippen LogP contribution >= 0.6 is 0 Å². The van der Waals surface area contributed by atoms with Gasteiger partial charge in [-0.15, -0.1) is 0 Å². The summed E-state index contributed by atoms with van der Waals surface area (Å²) in [6, 6.07) is 62.0. The van der Waals surface area contributed by atoms with Gasteiger partial charge in [-0.05, 0) is 191 Å². The van der Waals surface area contributed by atoms with Gasteiger partial charge in [-0.25, -0.2) is 0 Å². The van der Waals surface area contributed by atoms with Gasteiger partial charge in [0.1, 0.15) is 0 Å². The SMILES string of the molecule is Cc1ccc2c(-c3ccc(C(C)(C)C)cc3)c3c(c(-c4ccc(C(C)C)cc4)c2c1C)-c1ccc2c4c(ccc-3c14)-c1c-2c(-c2ccc(C(C)(C)C)cc2)c2ccccc2c1-c1ccc(C(C)(C)C)cc1. The van der Waals surface area contributed by atoms with Crippen LogP contribution in [0.25, 0.3) is 121 Å². The number of hydrogen-bond donors (Lipinski definition) is 0. The maximum absolute atomic E-state index is 2.50. The first-order chi connectivity index (χ1) is 33.8. The Morgan fingerprint density at radius 1 is 0.296 bits per heavy atom. The molecule has 0 nitrogen and oxygen atoms in total. The summed E-state index contributed by atoms with van der Waals surface area (Å²) in [5, 5.41) is 7.99. The first kappa shape index (κ1) is 45.1. The van der Waals surface area contributed by atoms with E-state index in [2.05, 4.69) is 248 Å². The van der Waals surface area contributed by atoms with Gasteiger partial charge in [-0.2, -0.15) is 0 Å². The van der Waals surface area contributed by atoms with Crippen LogP contribution in [-0.4, -0.2) is 0 Å². The maximum Gasteiger partial charge on any atom is -0.000730 e. The fraction of sp³-hybridized carbons (Fsp3) is 0.239. The second kappa shape index (κ2) is 15.7. The van der Waals surface area contributed by atoms with Crippen molar-refractivity contribution < 1.29 is 0 Å². The van der Waals surface area contributed by atoms with Crippen molar-refractivity contribution in [3.8, 4) is 89.0 Å². The smallest absolute Gasteiger partial charge is 0.000730 e. The Labute approximate surface area is 422 Å². The van der Waals surface area contributed by atoms with E-state index in [-0.39, 0.29) is 16.2 Å². The standard InChI is InChI=1S/C71H66/c1-40(2)43-19-21-47(22-20-43)62-58-42(4)41(3)18-35-53(58)61(46-27-33-50(34-28-46)71(11,12)13)67-56-37-36-54-63-55(38-39-57(64(56)63)68(62)67)66-60(45-25-31-49(32-26-45)70(8,9)10)52-17-15-14-16-51(52)59(65(54)66)44-23-29-48(30-24-44)69(5,6)7/h14-40H,1-13H3. The van der Waals surface area contributed by atoms with Crippen LogP contribution in [0.3, 0.4) is 0 Å². The molecule has 2 aliphatic rings. The molecular weight excluding hydrogens is 853 g/mol. The van der Waals surface area contributed by atoms with E-state index in [1.165, 1.54) is 155 Å². The highest BCUT2D eigenvalue weighted by Crippen LogP contribution is 2.64. The summed E-state index contributed by atoms with van der Waals surface area (Å²) in [6.07, 6.45) is 0. The lowest BCUT2D eigenvalue weighted by Crippen LogP contribution is -2.10. The van der Waals surface area contributed by atoms with Crippen molar-refractivity contribution in [1.29, 1.82) is 0 Å². The molecule has 0 saturated carbocycles. The minimum Gasteiger partial charge on any atom is -0.0616 e. The average molecular weight is 919 g/mol. The van der Waals surface area contributed by atoms with E-state index in [0.29, 0.717) is 5.92 Å². The van der Waals surface area contributed by atoms with Crippen molar-refractivity contribution in [3.05, 3.63) is 191 Å². The first-order valence-corrected chi connectivity index (χ1v) is 26.0. The molecule has 0 unspecified atom stereocenters. The molecule has 0 amide bonds. The summed E-state index contributed by atoms with van der Waals surface area (Å²) in [6.45, 7) is 30.0. The van der Waals surface area contributed by atoms with Gasteiger partial charge < -0.3 is 0 Å². The third kappa shape index (κ3) is 6.84. The van der Waals surface area contributed by atoms with Gasteiger partial charge in [0.15, 0.2) is 0 Å². The zero-order valence-electron chi connectivity index (χ0n) is 44.1. The van der Waals surface area contributed by atoms with Gasteiger partial charge >= 0.3 is 0 Å². The van der Waals surface area contributed by atoms with Crippen molar-refractivity contribution in [3.63, 3.8) is 0 Å². The number of benzene rings is 10. The number of hydrogen-bond acceptors (Lipinski definition) is 0. The molecule has 0 atom stereocenters. The van der Waals surface area contributed by atoms with Gasteiger partial charge in [0.25, 0.3) is 0 Å². The van der Waals surface area contributed by atoms with Crippen LogP contribution in [0, 0.1) is 13.8 Å². The third-order valence-corrected chi connectivity index (χ3v) is 16.4. The molecule has 0 aromatic heterocycles. The summed E-state index contributed by atoms with van der Waals surface area (Å²) in [7, 11) is 0. The highest BCUT2D eigenvalue weighted by molar-refractivity contribution is 6.35. The fourth-order valence-electron chi connectivity index (χ4n) is 12.3. The lowest BCUT2D eigenvalue weighted by atomic mass is 9.79. The molecule has 71 heavy (non-hydrogen) atoms. The molecule has 0 spiro atoms. The van der Waals surface area contributed by atoms with Crippen LogP contribution in [-0.2, 0) is 16.2 Å². The van der Waals surface area contributed by atoms with E-state index in [1.54, 1.807) is 0 Å². The predicted molar refractivity (Wildman–Crippen MR) is 309 cm³/mol. The Morgan fingerprint density at radius 2 is 0.620 bits per heavy atom. The Bertz CT molecular complexity index is 3720. The van der Waals surface area contributed by atoms with E-state index in [4.69, 9.17) is 0 Å². The molecular formula is C71H66. The van der Waals surface area contributed by atoms with Crippen LogP contribution in [0.5, 0.6) is 0 Å². The molecule has 0 heteroatoms. The zero-order chi connectivity index (χ0) is 49.6. The summed E-state index contributed by atoms with van der Waals surface area (Å²) in [4.78, 5) is 0. The van der Waals surface area contributed by atoms with Crippen molar-refractivity contribution >= 4 is 32.3 Å². The fourth-order valence-corrected chi connectivity index (χ4v) is 12.3. The predicted octanol–water partition coefficient (Wildman–Crippen LogP) is 20.7. The number of aryl methyl sites for hydroxylation is 2. The van der Waals surface area contributed by atoms with E-state index in [0.717, 1.165) is 0 Å². The van der Waals surface area contributed by atoms with Crippen molar-refractivity contribution in [1.82, 2.24) is 0 Å². The molecule has 12 rings (SSSR count). The summed E-state index contributed by atoms with van der Waals surface area (Å²) in [5.74, 6) is 0.450. The molecule has 0 saturated heterocycles. The average Bonchev–Trinajstić information content (AvgIpc) is 3.85. The molecule has 0 radical (unpaired) electrons. The molecule has 0 fully saturated rings. The molecule has 350 valence electrons. The van der Waals surface area contributed by atoms with Gasteiger partial charge in [0, 0.05) is 0 Å². The number of fused-ring (bicyclic) bond motifs is 8. The lowest BCUT2D eigenvalue weighted by Gasteiger charge is -2.24. The monoisotopic (exact) mass is 919 g/mol. The lowest BCUT2D eigenvalue weighted by molar-refractivity contribution is 0.590. The van der Waals surface area contributed by atoms with E-state index in [1.807, 2.05) is 0 Å². The quantitative estimate of drug-likeness (QED) is 0.161. The Morgan fingerprint density at radius 3 is 0.972 bits per heavy atom. The minimum absolute atomic E-state index is 0.0485. The Kier molecular flexibility index (Phi) is 10.0.